The van der Waals surface area contributed by atoms with Crippen LogP contribution in [0.5, 0.6) is 0 Å². The summed E-state index contributed by atoms with van der Waals surface area (Å²) < 4.78 is 1.15. The van der Waals surface area contributed by atoms with Crippen LogP contribution in [0.15, 0.2) is 29.6 Å². The average molecular weight is 222 g/mol. The summed E-state index contributed by atoms with van der Waals surface area (Å²) in [5.41, 5.74) is 0.910. The lowest BCUT2D eigenvalue weighted by molar-refractivity contribution is -0.136. The second kappa shape index (κ2) is 5.51. The third-order valence-corrected chi connectivity index (χ3v) is 2.92. The van der Waals surface area contributed by atoms with Gasteiger partial charge in [0.15, 0.2) is 0 Å². The first kappa shape index (κ1) is 11.7. The summed E-state index contributed by atoms with van der Waals surface area (Å²) in [6.07, 6.45) is 0.115. The Morgan fingerprint density at radius 3 is 2.67 bits per heavy atom. The predicted octanol–water partition coefficient (Wildman–Crippen LogP) is 3.55. The molecule has 2 aromatic rings. The van der Waals surface area contributed by atoms with Gasteiger partial charge in [-0.2, -0.15) is 0 Å². The number of rotatable bonds is 2. The molecule has 1 heterocycles. The summed E-state index contributed by atoms with van der Waals surface area (Å²) in [5.74, 6) is -0.774. The minimum atomic E-state index is -0.774. The SMILES string of the molecule is CC.O=C(O)Cc1csc2ccccc12. The first-order valence-electron chi connectivity index (χ1n) is 4.94. The lowest BCUT2D eigenvalue weighted by Gasteiger charge is -1.93. The Morgan fingerprint density at radius 1 is 1.33 bits per heavy atom. The molecular weight excluding hydrogens is 208 g/mol. The fourth-order valence-electron chi connectivity index (χ4n) is 1.33. The van der Waals surface area contributed by atoms with E-state index in [1.165, 1.54) is 0 Å². The van der Waals surface area contributed by atoms with Gasteiger partial charge in [0.2, 0.25) is 0 Å². The third kappa shape index (κ3) is 2.80. The second-order valence-electron chi connectivity index (χ2n) is 2.83. The molecule has 3 heteroatoms. The van der Waals surface area contributed by atoms with E-state index in [9.17, 15) is 4.79 Å². The lowest BCUT2D eigenvalue weighted by atomic mass is 10.1. The van der Waals surface area contributed by atoms with Crippen LogP contribution in [-0.4, -0.2) is 11.1 Å². The molecule has 2 nitrogen and oxygen atoms in total. The fraction of sp³-hybridized carbons (Fsp3) is 0.250. The Morgan fingerprint density at radius 2 is 2.00 bits per heavy atom. The predicted molar refractivity (Wildman–Crippen MR) is 64.5 cm³/mol. The van der Waals surface area contributed by atoms with Crippen LogP contribution in [0.3, 0.4) is 0 Å². The maximum absolute atomic E-state index is 10.5. The molecule has 0 fully saturated rings. The minimum absolute atomic E-state index is 0.115. The summed E-state index contributed by atoms with van der Waals surface area (Å²) in [6, 6.07) is 7.86. The van der Waals surface area contributed by atoms with Crippen molar-refractivity contribution in [2.24, 2.45) is 0 Å². The summed E-state index contributed by atoms with van der Waals surface area (Å²) >= 11 is 1.59. The number of carboxylic acids is 1. The Hall–Kier alpha value is -1.35. The van der Waals surface area contributed by atoms with E-state index >= 15 is 0 Å². The highest BCUT2D eigenvalue weighted by Crippen LogP contribution is 2.25. The van der Waals surface area contributed by atoms with Crippen LogP contribution in [0.1, 0.15) is 19.4 Å². The normalized spacial score (nSPS) is 9.47. The molecule has 15 heavy (non-hydrogen) atoms. The Kier molecular flexibility index (Phi) is 4.31. The molecule has 0 unspecified atom stereocenters. The van der Waals surface area contributed by atoms with Crippen LogP contribution in [-0.2, 0) is 11.2 Å². The van der Waals surface area contributed by atoms with Crippen molar-refractivity contribution in [3.63, 3.8) is 0 Å². The molecule has 0 bridgehead atoms. The second-order valence-corrected chi connectivity index (χ2v) is 3.74. The van der Waals surface area contributed by atoms with Crippen molar-refractivity contribution in [1.29, 1.82) is 0 Å². The van der Waals surface area contributed by atoms with Gasteiger partial charge >= 0.3 is 5.97 Å². The van der Waals surface area contributed by atoms with Crippen molar-refractivity contribution >= 4 is 27.4 Å². The number of carbonyl (C=O) groups is 1. The molecule has 1 N–H and O–H groups in total. The van der Waals surface area contributed by atoms with Gasteiger partial charge in [-0.25, -0.2) is 0 Å². The molecule has 0 aliphatic carbocycles. The highest BCUT2D eigenvalue weighted by Gasteiger charge is 2.06. The molecule has 1 aromatic heterocycles. The lowest BCUT2D eigenvalue weighted by Crippen LogP contribution is -1.98. The van der Waals surface area contributed by atoms with Crippen LogP contribution in [0.2, 0.25) is 0 Å². The van der Waals surface area contributed by atoms with Gasteiger partial charge in [0.05, 0.1) is 6.42 Å². The zero-order valence-corrected chi connectivity index (χ0v) is 9.67. The minimum Gasteiger partial charge on any atom is -0.481 e. The van der Waals surface area contributed by atoms with Crippen molar-refractivity contribution in [3.8, 4) is 0 Å². The highest BCUT2D eigenvalue weighted by atomic mass is 32.1. The molecule has 0 saturated carbocycles. The highest BCUT2D eigenvalue weighted by molar-refractivity contribution is 7.17. The number of thiophene rings is 1. The van der Waals surface area contributed by atoms with Crippen molar-refractivity contribution in [2.75, 3.05) is 0 Å². The smallest absolute Gasteiger partial charge is 0.307 e. The number of fused-ring (bicyclic) bond motifs is 1. The van der Waals surface area contributed by atoms with Gasteiger partial charge in [0, 0.05) is 4.70 Å². The molecule has 0 spiro atoms. The largest absolute Gasteiger partial charge is 0.481 e. The van der Waals surface area contributed by atoms with E-state index in [0.29, 0.717) is 0 Å². The van der Waals surface area contributed by atoms with E-state index in [0.717, 1.165) is 15.6 Å². The number of hydrogen-bond donors (Lipinski definition) is 1. The van der Waals surface area contributed by atoms with Crippen LogP contribution in [0.25, 0.3) is 10.1 Å². The average Bonchev–Trinajstić information content (AvgIpc) is 2.64. The maximum Gasteiger partial charge on any atom is 0.307 e. The van der Waals surface area contributed by atoms with E-state index < -0.39 is 5.97 Å². The van der Waals surface area contributed by atoms with Crippen LogP contribution in [0, 0.1) is 0 Å². The third-order valence-electron chi connectivity index (χ3n) is 1.90. The Bertz CT molecular complexity index is 446. The van der Waals surface area contributed by atoms with Crippen molar-refractivity contribution in [2.45, 2.75) is 20.3 Å². The van der Waals surface area contributed by atoms with Crippen LogP contribution in [0.4, 0.5) is 0 Å². The molecule has 0 saturated heterocycles. The zero-order chi connectivity index (χ0) is 11.3. The zero-order valence-electron chi connectivity index (χ0n) is 8.86. The number of aliphatic carboxylic acids is 1. The summed E-state index contributed by atoms with van der Waals surface area (Å²) in [5, 5.41) is 11.6. The molecule has 0 aliphatic heterocycles. The standard InChI is InChI=1S/C10H8O2S.C2H6/c11-10(12)5-7-6-13-9-4-2-1-3-8(7)9;1-2/h1-4,6H,5H2,(H,11,12);1-2H3. The van der Waals surface area contributed by atoms with Gasteiger partial charge in [-0.05, 0) is 22.4 Å². The number of benzene rings is 1. The molecule has 0 amide bonds. The van der Waals surface area contributed by atoms with Gasteiger partial charge in [-0.1, -0.05) is 32.0 Å². The summed E-state index contributed by atoms with van der Waals surface area (Å²) in [4.78, 5) is 10.5. The number of carboxylic acid groups (broad SMARTS) is 1. The van der Waals surface area contributed by atoms with Crippen molar-refractivity contribution < 1.29 is 9.90 Å². The van der Waals surface area contributed by atoms with Gasteiger partial charge in [0.1, 0.15) is 0 Å². The molecule has 0 aliphatic rings. The van der Waals surface area contributed by atoms with Gasteiger partial charge < -0.3 is 5.11 Å². The molecule has 0 atom stereocenters. The summed E-state index contributed by atoms with van der Waals surface area (Å²) in [6.45, 7) is 4.00. The quantitative estimate of drug-likeness (QED) is 0.843. The van der Waals surface area contributed by atoms with E-state index in [2.05, 4.69) is 0 Å². The monoisotopic (exact) mass is 222 g/mol. The number of hydrogen-bond acceptors (Lipinski definition) is 2. The van der Waals surface area contributed by atoms with Gasteiger partial charge in [0.25, 0.3) is 0 Å². The van der Waals surface area contributed by atoms with E-state index in [1.54, 1.807) is 11.3 Å². The Labute approximate surface area is 93.2 Å². The fourth-order valence-corrected chi connectivity index (χ4v) is 2.30. The first-order valence-corrected chi connectivity index (χ1v) is 5.82. The van der Waals surface area contributed by atoms with E-state index in [4.69, 9.17) is 5.11 Å². The molecule has 80 valence electrons. The Balaban J connectivity index is 0.000000531. The molecular formula is C12H14O2S. The molecule has 2 rings (SSSR count). The van der Waals surface area contributed by atoms with Crippen molar-refractivity contribution in [1.82, 2.24) is 0 Å². The molecule has 1 aromatic carbocycles. The van der Waals surface area contributed by atoms with Gasteiger partial charge in [-0.3, -0.25) is 4.79 Å². The molecule has 0 radical (unpaired) electrons. The topological polar surface area (TPSA) is 37.3 Å². The van der Waals surface area contributed by atoms with E-state index in [1.807, 2.05) is 43.5 Å². The summed E-state index contributed by atoms with van der Waals surface area (Å²) in [7, 11) is 0. The van der Waals surface area contributed by atoms with E-state index in [-0.39, 0.29) is 6.42 Å². The van der Waals surface area contributed by atoms with Gasteiger partial charge in [-0.15, -0.1) is 11.3 Å². The van der Waals surface area contributed by atoms with Crippen LogP contribution < -0.4 is 0 Å². The maximum atomic E-state index is 10.5. The van der Waals surface area contributed by atoms with Crippen molar-refractivity contribution in [3.05, 3.63) is 35.2 Å². The van der Waals surface area contributed by atoms with Crippen LogP contribution >= 0.6 is 11.3 Å². The first-order chi connectivity index (χ1) is 7.27.